The fraction of sp³-hybridized carbons (Fsp3) is 0.571. The Morgan fingerprint density at radius 1 is 1.20 bits per heavy atom. The molecule has 1 aliphatic rings. The summed E-state index contributed by atoms with van der Waals surface area (Å²) in [6.45, 7) is 9.52. The van der Waals surface area contributed by atoms with E-state index in [0.717, 1.165) is 0 Å². The van der Waals surface area contributed by atoms with Crippen molar-refractivity contribution in [2.45, 2.75) is 27.7 Å². The number of rotatable bonds is 4. The van der Waals surface area contributed by atoms with Crippen molar-refractivity contribution in [3.05, 3.63) is 32.3 Å². The summed E-state index contributed by atoms with van der Waals surface area (Å²) in [6, 6.07) is 2.81. The van der Waals surface area contributed by atoms with E-state index < -0.39 is 4.92 Å². The Labute approximate surface area is 128 Å². The van der Waals surface area contributed by atoms with Crippen molar-refractivity contribution in [2.75, 3.05) is 11.9 Å². The lowest BCUT2D eigenvalue weighted by Gasteiger charge is -2.09. The number of hydrogen-bond donors (Lipinski definition) is 1. The molecular weight excluding hydrogens is 299 g/mol. The van der Waals surface area contributed by atoms with Crippen LogP contribution in [0.1, 0.15) is 27.7 Å². The predicted molar refractivity (Wildman–Crippen MR) is 82.7 cm³/mol. The van der Waals surface area contributed by atoms with Crippen molar-refractivity contribution in [1.29, 1.82) is 0 Å². The average Bonchev–Trinajstić information content (AvgIpc) is 2.70. The number of nitrogens with zero attached hydrogens (tertiary/aromatic N) is 1. The summed E-state index contributed by atoms with van der Waals surface area (Å²) in [5.74, 6) is 0.462. The topological polar surface area (TPSA) is 55.2 Å². The molecule has 2 rings (SSSR count). The SMILES string of the molecule is CC1(C)C(CNc2cc(Cl)c(Cl)cc2[N+](=O)[O-])C1(C)C. The maximum atomic E-state index is 11.1. The lowest BCUT2D eigenvalue weighted by molar-refractivity contribution is -0.383. The van der Waals surface area contributed by atoms with Crippen LogP contribution in [0.3, 0.4) is 0 Å². The van der Waals surface area contributed by atoms with Crippen molar-refractivity contribution >= 4 is 34.6 Å². The predicted octanol–water partition coefficient (Wildman–Crippen LogP) is 5.00. The molecule has 0 radical (unpaired) electrons. The van der Waals surface area contributed by atoms with Gasteiger partial charge in [-0.25, -0.2) is 0 Å². The molecule has 0 saturated heterocycles. The Kier molecular flexibility index (Phi) is 3.68. The van der Waals surface area contributed by atoms with E-state index in [9.17, 15) is 10.1 Å². The first-order valence-electron chi connectivity index (χ1n) is 6.46. The number of nitro benzene ring substituents is 1. The van der Waals surface area contributed by atoms with Gasteiger partial charge in [0.1, 0.15) is 5.69 Å². The molecule has 0 atom stereocenters. The zero-order chi connectivity index (χ0) is 15.3. The minimum atomic E-state index is -0.451. The Balaban J connectivity index is 2.19. The van der Waals surface area contributed by atoms with Crippen molar-refractivity contribution < 1.29 is 4.92 Å². The summed E-state index contributed by atoms with van der Waals surface area (Å²) in [7, 11) is 0. The van der Waals surface area contributed by atoms with Crippen LogP contribution in [0.4, 0.5) is 11.4 Å². The van der Waals surface area contributed by atoms with Crippen molar-refractivity contribution in [2.24, 2.45) is 16.7 Å². The van der Waals surface area contributed by atoms with Gasteiger partial charge in [-0.3, -0.25) is 10.1 Å². The standard InChI is InChI=1S/C14H18Cl2N2O2/c1-13(2)12(14(13,3)4)7-17-10-5-8(15)9(16)6-11(10)18(19)20/h5-6,12,17H,7H2,1-4H3. The van der Waals surface area contributed by atoms with Gasteiger partial charge in [-0.15, -0.1) is 0 Å². The van der Waals surface area contributed by atoms with Gasteiger partial charge in [0.05, 0.1) is 15.0 Å². The van der Waals surface area contributed by atoms with Gasteiger partial charge < -0.3 is 5.32 Å². The minimum absolute atomic E-state index is 0.0457. The van der Waals surface area contributed by atoms with Crippen LogP contribution in [0.5, 0.6) is 0 Å². The van der Waals surface area contributed by atoms with Crippen LogP contribution in [0, 0.1) is 26.9 Å². The Morgan fingerprint density at radius 2 is 1.70 bits per heavy atom. The van der Waals surface area contributed by atoms with E-state index >= 15 is 0 Å². The van der Waals surface area contributed by atoms with Crippen LogP contribution in [0.2, 0.25) is 10.0 Å². The second-order valence-electron chi connectivity index (χ2n) is 6.42. The molecule has 0 bridgehead atoms. The summed E-state index contributed by atoms with van der Waals surface area (Å²) >= 11 is 11.8. The molecule has 0 spiro atoms. The summed E-state index contributed by atoms with van der Waals surface area (Å²) in [5, 5.41) is 14.7. The molecule has 1 fully saturated rings. The first-order valence-corrected chi connectivity index (χ1v) is 7.22. The molecule has 4 nitrogen and oxygen atoms in total. The largest absolute Gasteiger partial charge is 0.379 e. The van der Waals surface area contributed by atoms with Crippen LogP contribution in [-0.4, -0.2) is 11.5 Å². The van der Waals surface area contributed by atoms with E-state index in [1.54, 1.807) is 0 Å². The second kappa shape index (κ2) is 4.78. The molecule has 0 aliphatic heterocycles. The number of anilines is 1. The van der Waals surface area contributed by atoms with Crippen LogP contribution in [0.25, 0.3) is 0 Å². The number of hydrogen-bond acceptors (Lipinski definition) is 3. The summed E-state index contributed by atoms with van der Waals surface area (Å²) in [4.78, 5) is 10.6. The van der Waals surface area contributed by atoms with Gasteiger partial charge in [0, 0.05) is 12.6 Å². The third kappa shape index (κ3) is 2.35. The highest BCUT2D eigenvalue weighted by atomic mass is 35.5. The van der Waals surface area contributed by atoms with Crippen LogP contribution >= 0.6 is 23.2 Å². The first-order chi connectivity index (χ1) is 9.09. The number of nitrogens with one attached hydrogen (secondary N) is 1. The molecule has 6 heteroatoms. The quantitative estimate of drug-likeness (QED) is 0.628. The second-order valence-corrected chi connectivity index (χ2v) is 7.23. The number of benzene rings is 1. The average molecular weight is 317 g/mol. The van der Waals surface area contributed by atoms with Crippen molar-refractivity contribution in [3.8, 4) is 0 Å². The summed E-state index contributed by atoms with van der Waals surface area (Å²) in [5.41, 5.74) is 0.828. The zero-order valence-corrected chi connectivity index (χ0v) is 13.5. The smallest absolute Gasteiger partial charge is 0.293 e. The van der Waals surface area contributed by atoms with E-state index in [-0.39, 0.29) is 21.5 Å². The molecule has 1 N–H and O–H groups in total. The molecule has 1 aromatic rings. The number of nitro groups is 1. The van der Waals surface area contributed by atoms with Crippen LogP contribution < -0.4 is 5.32 Å². The molecule has 0 aromatic heterocycles. The molecule has 1 aromatic carbocycles. The van der Waals surface area contributed by atoms with Gasteiger partial charge in [0.25, 0.3) is 5.69 Å². The minimum Gasteiger partial charge on any atom is -0.379 e. The van der Waals surface area contributed by atoms with Gasteiger partial charge in [-0.05, 0) is 22.8 Å². The Bertz CT molecular complexity index is 557. The Hall–Kier alpha value is -1.00. The van der Waals surface area contributed by atoms with Crippen molar-refractivity contribution in [3.63, 3.8) is 0 Å². The summed E-state index contributed by atoms with van der Waals surface area (Å²) in [6.07, 6.45) is 0. The fourth-order valence-corrected chi connectivity index (χ4v) is 3.21. The monoisotopic (exact) mass is 316 g/mol. The highest BCUT2D eigenvalue weighted by Gasteiger charge is 2.64. The summed E-state index contributed by atoms with van der Waals surface area (Å²) < 4.78 is 0. The third-order valence-corrected chi connectivity index (χ3v) is 5.77. The maximum Gasteiger partial charge on any atom is 0.293 e. The molecular formula is C14H18Cl2N2O2. The maximum absolute atomic E-state index is 11.1. The van der Waals surface area contributed by atoms with E-state index in [4.69, 9.17) is 23.2 Å². The van der Waals surface area contributed by atoms with Gasteiger partial charge in [-0.2, -0.15) is 0 Å². The lowest BCUT2D eigenvalue weighted by atomic mass is 10.0. The molecule has 20 heavy (non-hydrogen) atoms. The van der Waals surface area contributed by atoms with E-state index in [1.165, 1.54) is 12.1 Å². The highest BCUT2D eigenvalue weighted by molar-refractivity contribution is 6.42. The van der Waals surface area contributed by atoms with Crippen molar-refractivity contribution in [1.82, 2.24) is 0 Å². The first kappa shape index (κ1) is 15.4. The van der Waals surface area contributed by atoms with Gasteiger partial charge in [0.2, 0.25) is 0 Å². The zero-order valence-electron chi connectivity index (χ0n) is 12.0. The molecule has 0 heterocycles. The van der Waals surface area contributed by atoms with E-state index in [0.29, 0.717) is 23.2 Å². The molecule has 0 amide bonds. The molecule has 1 aliphatic carbocycles. The van der Waals surface area contributed by atoms with Gasteiger partial charge >= 0.3 is 0 Å². The lowest BCUT2D eigenvalue weighted by Crippen LogP contribution is -2.09. The normalized spacial score (nSPS) is 19.7. The number of halogens is 2. The molecule has 0 unspecified atom stereocenters. The van der Waals surface area contributed by atoms with Crippen LogP contribution in [-0.2, 0) is 0 Å². The fourth-order valence-electron chi connectivity index (χ4n) is 2.88. The molecule has 1 saturated carbocycles. The van der Waals surface area contributed by atoms with Crippen LogP contribution in [0.15, 0.2) is 12.1 Å². The van der Waals surface area contributed by atoms with Gasteiger partial charge in [0.15, 0.2) is 0 Å². The Morgan fingerprint density at radius 3 is 2.15 bits per heavy atom. The third-order valence-electron chi connectivity index (χ3n) is 5.05. The van der Waals surface area contributed by atoms with E-state index in [1.807, 2.05) is 0 Å². The van der Waals surface area contributed by atoms with Gasteiger partial charge in [-0.1, -0.05) is 50.9 Å². The molecule has 110 valence electrons. The van der Waals surface area contributed by atoms with E-state index in [2.05, 4.69) is 33.0 Å². The highest BCUT2D eigenvalue weighted by Crippen LogP contribution is 2.68.